The zero-order valence-electron chi connectivity index (χ0n) is 10.6. The van der Waals surface area contributed by atoms with Crippen LogP contribution in [-0.4, -0.2) is 18.4 Å². The van der Waals surface area contributed by atoms with Crippen LogP contribution in [0.15, 0.2) is 23.7 Å². The third-order valence-electron chi connectivity index (χ3n) is 2.20. The fraction of sp³-hybridized carbons (Fsp3) is 0.385. The van der Waals surface area contributed by atoms with Crippen molar-refractivity contribution in [1.82, 2.24) is 0 Å². The molecule has 1 heterocycles. The van der Waals surface area contributed by atoms with E-state index in [0.717, 1.165) is 6.42 Å². The molecule has 4 nitrogen and oxygen atoms in total. The van der Waals surface area contributed by atoms with Crippen molar-refractivity contribution in [2.45, 2.75) is 26.7 Å². The van der Waals surface area contributed by atoms with Crippen LogP contribution in [0.1, 0.15) is 36.4 Å². The van der Waals surface area contributed by atoms with Crippen molar-refractivity contribution in [1.29, 1.82) is 0 Å². The Morgan fingerprint density at radius 1 is 1.44 bits per heavy atom. The van der Waals surface area contributed by atoms with Crippen LogP contribution in [0.4, 0.5) is 5.69 Å². The highest BCUT2D eigenvalue weighted by atomic mass is 32.1. The number of anilines is 1. The van der Waals surface area contributed by atoms with Crippen molar-refractivity contribution < 1.29 is 14.3 Å². The number of thiophene rings is 1. The lowest BCUT2D eigenvalue weighted by atomic mass is 10.2. The molecule has 0 aliphatic rings. The largest absolute Gasteiger partial charge is 0.461 e. The van der Waals surface area contributed by atoms with Crippen LogP contribution in [0.3, 0.4) is 0 Å². The fourth-order valence-corrected chi connectivity index (χ4v) is 2.22. The van der Waals surface area contributed by atoms with Crippen LogP contribution in [0, 0.1) is 0 Å². The molecule has 1 N–H and O–H groups in total. The van der Waals surface area contributed by atoms with Gasteiger partial charge < -0.3 is 10.1 Å². The van der Waals surface area contributed by atoms with E-state index in [9.17, 15) is 9.59 Å². The van der Waals surface area contributed by atoms with E-state index in [2.05, 4.69) is 11.9 Å². The average Bonchev–Trinajstić information content (AvgIpc) is 2.77. The Labute approximate surface area is 111 Å². The van der Waals surface area contributed by atoms with Crippen LogP contribution >= 0.6 is 11.3 Å². The van der Waals surface area contributed by atoms with Gasteiger partial charge in [0.15, 0.2) is 5.78 Å². The van der Waals surface area contributed by atoms with Gasteiger partial charge in [0.25, 0.3) is 0 Å². The number of ether oxygens (including phenoxy) is 1. The smallest absolute Gasteiger partial charge is 0.354 e. The third kappa shape index (κ3) is 3.70. The molecule has 0 spiro atoms. The first-order chi connectivity index (χ1) is 8.60. The van der Waals surface area contributed by atoms with Gasteiger partial charge in [0, 0.05) is 6.42 Å². The standard InChI is InChI=1S/C13H17NO3S/c1-4-6-11(15)12-10(7-8-18-12)14-9(3)13(16)17-5-2/h7-8,14H,3-6H2,1-2H3. The first-order valence-electron chi connectivity index (χ1n) is 5.83. The Balaban J connectivity index is 2.74. The topological polar surface area (TPSA) is 55.4 Å². The van der Waals surface area contributed by atoms with Crippen LogP contribution in [0.2, 0.25) is 0 Å². The summed E-state index contributed by atoms with van der Waals surface area (Å²) in [5.41, 5.74) is 0.761. The Bertz CT molecular complexity index is 451. The van der Waals surface area contributed by atoms with Gasteiger partial charge in [-0.2, -0.15) is 0 Å². The lowest BCUT2D eigenvalue weighted by molar-refractivity contribution is -0.138. The molecule has 0 fully saturated rings. The summed E-state index contributed by atoms with van der Waals surface area (Å²) in [5.74, 6) is -0.427. The fourth-order valence-electron chi connectivity index (χ4n) is 1.40. The van der Waals surface area contributed by atoms with Crippen molar-refractivity contribution in [2.75, 3.05) is 11.9 Å². The van der Waals surface area contributed by atoms with Crippen molar-refractivity contribution in [3.05, 3.63) is 28.6 Å². The molecule has 0 unspecified atom stereocenters. The highest BCUT2D eigenvalue weighted by Crippen LogP contribution is 2.25. The number of hydrogen-bond donors (Lipinski definition) is 1. The van der Waals surface area contributed by atoms with Gasteiger partial charge in [-0.05, 0) is 24.8 Å². The number of nitrogens with one attached hydrogen (secondary N) is 1. The summed E-state index contributed by atoms with van der Waals surface area (Å²) in [6, 6.07) is 1.76. The first-order valence-corrected chi connectivity index (χ1v) is 6.71. The Morgan fingerprint density at radius 2 is 2.17 bits per heavy atom. The van der Waals surface area contributed by atoms with Crippen molar-refractivity contribution >= 4 is 28.8 Å². The number of Topliss-reactive ketones (excluding diaryl/α,β-unsaturated/α-hetero) is 1. The van der Waals surface area contributed by atoms with Crippen LogP contribution < -0.4 is 5.32 Å². The van der Waals surface area contributed by atoms with E-state index in [1.54, 1.807) is 13.0 Å². The molecule has 0 saturated heterocycles. The van der Waals surface area contributed by atoms with Crippen molar-refractivity contribution in [3.63, 3.8) is 0 Å². The summed E-state index contributed by atoms with van der Waals surface area (Å²) < 4.78 is 4.82. The number of rotatable bonds is 7. The van der Waals surface area contributed by atoms with Gasteiger partial charge >= 0.3 is 5.97 Å². The number of esters is 1. The van der Waals surface area contributed by atoms with E-state index in [4.69, 9.17) is 4.74 Å². The SMILES string of the molecule is C=C(Nc1ccsc1C(=O)CCC)C(=O)OCC. The monoisotopic (exact) mass is 267 g/mol. The predicted octanol–water partition coefficient (Wildman–Crippen LogP) is 3.22. The van der Waals surface area contributed by atoms with E-state index in [1.165, 1.54) is 11.3 Å². The highest BCUT2D eigenvalue weighted by Gasteiger charge is 2.15. The first kappa shape index (κ1) is 14.4. The number of ketones is 1. The van der Waals surface area contributed by atoms with Gasteiger partial charge in [-0.15, -0.1) is 11.3 Å². The molecule has 18 heavy (non-hydrogen) atoms. The molecule has 1 rings (SSSR count). The Morgan fingerprint density at radius 3 is 2.78 bits per heavy atom. The van der Waals surface area contributed by atoms with Gasteiger partial charge in [-0.3, -0.25) is 4.79 Å². The van der Waals surface area contributed by atoms with Crippen LogP contribution in [-0.2, 0) is 9.53 Å². The van der Waals surface area contributed by atoms with E-state index in [-0.39, 0.29) is 11.5 Å². The van der Waals surface area contributed by atoms with Gasteiger partial charge in [-0.1, -0.05) is 13.5 Å². The maximum Gasteiger partial charge on any atom is 0.354 e. The minimum atomic E-state index is -0.502. The maximum atomic E-state index is 11.8. The lowest BCUT2D eigenvalue weighted by Gasteiger charge is -2.08. The van der Waals surface area contributed by atoms with Gasteiger partial charge in [0.2, 0.25) is 0 Å². The average molecular weight is 267 g/mol. The van der Waals surface area contributed by atoms with Gasteiger partial charge in [0.1, 0.15) is 5.70 Å². The van der Waals surface area contributed by atoms with Gasteiger partial charge in [0.05, 0.1) is 17.2 Å². The molecule has 1 aromatic rings. The van der Waals surface area contributed by atoms with E-state index in [0.29, 0.717) is 23.6 Å². The lowest BCUT2D eigenvalue weighted by Crippen LogP contribution is -2.14. The summed E-state index contributed by atoms with van der Waals surface area (Å²) in [4.78, 5) is 23.9. The molecule has 0 aliphatic heterocycles. The summed E-state index contributed by atoms with van der Waals surface area (Å²) >= 11 is 1.36. The van der Waals surface area contributed by atoms with Crippen molar-refractivity contribution in [2.24, 2.45) is 0 Å². The van der Waals surface area contributed by atoms with Gasteiger partial charge in [-0.25, -0.2) is 4.79 Å². The summed E-state index contributed by atoms with van der Waals surface area (Å²) in [6.45, 7) is 7.58. The molecule has 0 aliphatic carbocycles. The quantitative estimate of drug-likeness (QED) is 0.468. The molecule has 0 amide bonds. The number of carbonyl (C=O) groups is 2. The molecule has 0 saturated carbocycles. The summed E-state index contributed by atoms with van der Waals surface area (Å²) in [6.07, 6.45) is 1.30. The number of carbonyl (C=O) groups excluding carboxylic acids is 2. The second-order valence-corrected chi connectivity index (χ2v) is 4.58. The molecule has 0 radical (unpaired) electrons. The van der Waals surface area contributed by atoms with E-state index >= 15 is 0 Å². The molecular weight excluding hydrogens is 250 g/mol. The second-order valence-electron chi connectivity index (χ2n) is 3.66. The molecule has 1 aromatic heterocycles. The zero-order chi connectivity index (χ0) is 13.5. The molecular formula is C13H17NO3S. The molecule has 0 atom stereocenters. The Hall–Kier alpha value is -1.62. The molecule has 98 valence electrons. The molecule has 5 heteroatoms. The van der Waals surface area contributed by atoms with E-state index in [1.807, 2.05) is 12.3 Å². The molecule has 0 bridgehead atoms. The third-order valence-corrected chi connectivity index (χ3v) is 3.16. The normalized spacial score (nSPS) is 9.89. The minimum absolute atomic E-state index is 0.0756. The highest BCUT2D eigenvalue weighted by molar-refractivity contribution is 7.12. The Kier molecular flexibility index (Phi) is 5.58. The summed E-state index contributed by atoms with van der Waals surface area (Å²) in [5, 5.41) is 4.64. The predicted molar refractivity (Wildman–Crippen MR) is 73.0 cm³/mol. The summed E-state index contributed by atoms with van der Waals surface area (Å²) in [7, 11) is 0. The van der Waals surface area contributed by atoms with Crippen LogP contribution in [0.25, 0.3) is 0 Å². The zero-order valence-corrected chi connectivity index (χ0v) is 11.4. The van der Waals surface area contributed by atoms with E-state index < -0.39 is 5.97 Å². The van der Waals surface area contributed by atoms with Crippen LogP contribution in [0.5, 0.6) is 0 Å². The second kappa shape index (κ2) is 6.96. The molecule has 0 aromatic carbocycles. The maximum absolute atomic E-state index is 11.8. The van der Waals surface area contributed by atoms with Crippen molar-refractivity contribution in [3.8, 4) is 0 Å². The minimum Gasteiger partial charge on any atom is -0.461 e. The number of hydrogen-bond acceptors (Lipinski definition) is 5.